The predicted molar refractivity (Wildman–Crippen MR) is 96.6 cm³/mol. The van der Waals surface area contributed by atoms with Crippen LogP contribution in [-0.4, -0.2) is 38.1 Å². The van der Waals surface area contributed by atoms with Crippen LogP contribution < -0.4 is 19.6 Å². The maximum Gasteiger partial charge on any atom is 0.277 e. The number of hydrogen-bond donors (Lipinski definition) is 2. The van der Waals surface area contributed by atoms with E-state index in [4.69, 9.17) is 14.2 Å². The summed E-state index contributed by atoms with van der Waals surface area (Å²) in [6, 6.07) is 9.94. The van der Waals surface area contributed by atoms with Crippen LogP contribution in [0.4, 0.5) is 0 Å². The monoisotopic (exact) mass is 408 g/mol. The summed E-state index contributed by atoms with van der Waals surface area (Å²) in [6.07, 6.45) is 1.33. The maximum atomic E-state index is 11.8. The Kier molecular flexibility index (Phi) is 6.64. The van der Waals surface area contributed by atoms with Gasteiger partial charge in [-0.1, -0.05) is 15.9 Å². The molecule has 0 saturated carbocycles. The Bertz CT molecular complexity index is 780. The molecule has 0 radical (unpaired) electrons. The van der Waals surface area contributed by atoms with Crippen molar-refractivity contribution < 1.29 is 24.1 Å². The Hall–Kier alpha value is -2.74. The summed E-state index contributed by atoms with van der Waals surface area (Å²) < 4.78 is 16.4. The van der Waals surface area contributed by atoms with Gasteiger partial charge in [-0.25, -0.2) is 5.43 Å². The number of rotatable bonds is 7. The number of phenols is 1. The van der Waals surface area contributed by atoms with Gasteiger partial charge < -0.3 is 19.3 Å². The minimum atomic E-state index is -0.450. The third-order valence-electron chi connectivity index (χ3n) is 3.11. The standard InChI is InChI=1S/C17H17BrN2O5/c1-23-13-5-3-11(14(21)8-13)9-19-20-17(22)10-25-15-6-4-12(18)7-16(15)24-2/h3-9,21H,10H2,1-2H3,(H,20,22)/b19-9-. The highest BCUT2D eigenvalue weighted by atomic mass is 79.9. The predicted octanol–water partition coefficient (Wildman–Crippen LogP) is 2.70. The summed E-state index contributed by atoms with van der Waals surface area (Å²) in [7, 11) is 3.02. The molecule has 0 unspecified atom stereocenters. The fourth-order valence-electron chi connectivity index (χ4n) is 1.87. The van der Waals surface area contributed by atoms with E-state index < -0.39 is 5.91 Å². The molecule has 0 saturated heterocycles. The Morgan fingerprint density at radius 3 is 2.68 bits per heavy atom. The van der Waals surface area contributed by atoms with Crippen molar-refractivity contribution in [3.63, 3.8) is 0 Å². The van der Waals surface area contributed by atoms with Crippen molar-refractivity contribution in [2.75, 3.05) is 20.8 Å². The first-order chi connectivity index (χ1) is 12.0. The molecule has 0 spiro atoms. The van der Waals surface area contributed by atoms with Gasteiger partial charge in [-0.15, -0.1) is 0 Å². The molecule has 0 fully saturated rings. The number of phenolic OH excluding ortho intramolecular Hbond substituents is 1. The maximum absolute atomic E-state index is 11.8. The number of aromatic hydroxyl groups is 1. The van der Waals surface area contributed by atoms with E-state index in [0.29, 0.717) is 22.8 Å². The van der Waals surface area contributed by atoms with Crippen LogP contribution in [0.3, 0.4) is 0 Å². The van der Waals surface area contributed by atoms with E-state index in [0.717, 1.165) is 4.47 Å². The lowest BCUT2D eigenvalue weighted by Gasteiger charge is -2.10. The van der Waals surface area contributed by atoms with E-state index in [1.165, 1.54) is 26.5 Å². The van der Waals surface area contributed by atoms with E-state index in [1.54, 1.807) is 30.3 Å². The number of halogens is 1. The molecule has 7 nitrogen and oxygen atoms in total. The van der Waals surface area contributed by atoms with E-state index in [2.05, 4.69) is 26.5 Å². The summed E-state index contributed by atoms with van der Waals surface area (Å²) in [5.74, 6) is 1.02. The third kappa shape index (κ3) is 5.39. The van der Waals surface area contributed by atoms with Crippen LogP contribution in [0.5, 0.6) is 23.0 Å². The normalized spacial score (nSPS) is 10.5. The number of nitrogens with zero attached hydrogens (tertiary/aromatic N) is 1. The molecule has 2 aromatic carbocycles. The molecular weight excluding hydrogens is 392 g/mol. The van der Waals surface area contributed by atoms with Gasteiger partial charge in [0.25, 0.3) is 5.91 Å². The SMILES string of the molecule is COc1ccc(/C=N\NC(=O)COc2ccc(Br)cc2OC)c(O)c1. The highest BCUT2D eigenvalue weighted by Gasteiger charge is 2.08. The lowest BCUT2D eigenvalue weighted by molar-refractivity contribution is -0.123. The summed E-state index contributed by atoms with van der Waals surface area (Å²) in [4.78, 5) is 11.8. The van der Waals surface area contributed by atoms with Crippen molar-refractivity contribution in [1.29, 1.82) is 0 Å². The van der Waals surface area contributed by atoms with E-state index in [1.807, 2.05) is 0 Å². The number of carbonyl (C=O) groups is 1. The summed E-state index contributed by atoms with van der Waals surface area (Å²) in [5, 5.41) is 13.6. The molecule has 0 aliphatic carbocycles. The third-order valence-corrected chi connectivity index (χ3v) is 3.61. The number of carbonyl (C=O) groups excluding carboxylic acids is 1. The molecule has 2 aromatic rings. The summed E-state index contributed by atoms with van der Waals surface area (Å²) in [5.41, 5.74) is 2.76. The van der Waals surface area contributed by atoms with Crippen LogP contribution in [0.15, 0.2) is 46.0 Å². The first-order valence-electron chi connectivity index (χ1n) is 7.18. The molecule has 0 atom stereocenters. The zero-order valence-electron chi connectivity index (χ0n) is 13.7. The molecular formula is C17H17BrN2O5. The number of hydrogen-bond acceptors (Lipinski definition) is 6. The van der Waals surface area contributed by atoms with Gasteiger partial charge in [0.2, 0.25) is 0 Å². The zero-order valence-corrected chi connectivity index (χ0v) is 15.2. The second-order valence-electron chi connectivity index (χ2n) is 4.80. The van der Waals surface area contributed by atoms with Gasteiger partial charge in [0.05, 0.1) is 20.4 Å². The summed E-state index contributed by atoms with van der Waals surface area (Å²) in [6.45, 7) is -0.232. The average Bonchev–Trinajstić information content (AvgIpc) is 2.61. The quantitative estimate of drug-likeness (QED) is 0.542. The van der Waals surface area contributed by atoms with E-state index in [9.17, 15) is 9.90 Å². The fraction of sp³-hybridized carbons (Fsp3) is 0.176. The zero-order chi connectivity index (χ0) is 18.2. The molecule has 0 bridgehead atoms. The lowest BCUT2D eigenvalue weighted by Crippen LogP contribution is -2.24. The molecule has 0 aliphatic rings. The Morgan fingerprint density at radius 1 is 1.20 bits per heavy atom. The van der Waals surface area contributed by atoms with Crippen molar-refractivity contribution in [2.24, 2.45) is 5.10 Å². The number of amides is 1. The highest BCUT2D eigenvalue weighted by molar-refractivity contribution is 9.10. The largest absolute Gasteiger partial charge is 0.507 e. The smallest absolute Gasteiger partial charge is 0.277 e. The van der Waals surface area contributed by atoms with Crippen molar-refractivity contribution in [3.05, 3.63) is 46.4 Å². The van der Waals surface area contributed by atoms with Crippen molar-refractivity contribution in [3.8, 4) is 23.0 Å². The molecule has 0 aliphatic heterocycles. The molecule has 8 heteroatoms. The number of nitrogens with one attached hydrogen (secondary N) is 1. The first-order valence-corrected chi connectivity index (χ1v) is 7.98. The van der Waals surface area contributed by atoms with Gasteiger partial charge in [-0.05, 0) is 30.3 Å². The van der Waals surface area contributed by atoms with Crippen LogP contribution in [0.25, 0.3) is 0 Å². The van der Waals surface area contributed by atoms with Crippen LogP contribution in [0.1, 0.15) is 5.56 Å². The molecule has 0 heterocycles. The molecule has 0 aromatic heterocycles. The highest BCUT2D eigenvalue weighted by Crippen LogP contribution is 2.30. The van der Waals surface area contributed by atoms with E-state index >= 15 is 0 Å². The van der Waals surface area contributed by atoms with Crippen molar-refractivity contribution in [2.45, 2.75) is 0 Å². The van der Waals surface area contributed by atoms with Crippen LogP contribution >= 0.6 is 15.9 Å². The number of hydrazone groups is 1. The van der Waals surface area contributed by atoms with Crippen LogP contribution in [0.2, 0.25) is 0 Å². The van der Waals surface area contributed by atoms with Crippen LogP contribution in [-0.2, 0) is 4.79 Å². The van der Waals surface area contributed by atoms with Gasteiger partial charge in [0, 0.05) is 16.1 Å². The minimum absolute atomic E-state index is 0.00630. The Balaban J connectivity index is 1.89. The fourth-order valence-corrected chi connectivity index (χ4v) is 2.21. The average molecular weight is 409 g/mol. The van der Waals surface area contributed by atoms with E-state index in [-0.39, 0.29) is 12.4 Å². The van der Waals surface area contributed by atoms with Gasteiger partial charge in [-0.2, -0.15) is 5.10 Å². The van der Waals surface area contributed by atoms with Gasteiger partial charge in [-0.3, -0.25) is 4.79 Å². The molecule has 2 rings (SSSR count). The van der Waals surface area contributed by atoms with Gasteiger partial charge in [0.1, 0.15) is 11.5 Å². The molecule has 132 valence electrons. The second-order valence-corrected chi connectivity index (χ2v) is 5.72. The first kappa shape index (κ1) is 18.6. The Labute approximate surface area is 153 Å². The van der Waals surface area contributed by atoms with Gasteiger partial charge in [0.15, 0.2) is 18.1 Å². The second kappa shape index (κ2) is 8.93. The molecule has 1 amide bonds. The van der Waals surface area contributed by atoms with Crippen LogP contribution in [0, 0.1) is 0 Å². The molecule has 25 heavy (non-hydrogen) atoms. The van der Waals surface area contributed by atoms with Gasteiger partial charge >= 0.3 is 0 Å². The summed E-state index contributed by atoms with van der Waals surface area (Å²) >= 11 is 3.33. The number of methoxy groups -OCH3 is 2. The lowest BCUT2D eigenvalue weighted by atomic mass is 10.2. The van der Waals surface area contributed by atoms with Crippen molar-refractivity contribution >= 4 is 28.1 Å². The van der Waals surface area contributed by atoms with Crippen molar-refractivity contribution in [1.82, 2.24) is 5.43 Å². The minimum Gasteiger partial charge on any atom is -0.507 e. The number of benzene rings is 2. The molecule has 2 N–H and O–H groups in total. The Morgan fingerprint density at radius 2 is 2.00 bits per heavy atom. The number of ether oxygens (including phenoxy) is 3. The topological polar surface area (TPSA) is 89.4 Å².